The fourth-order valence-electron chi connectivity index (χ4n) is 3.20. The molecule has 0 bridgehead atoms. The first-order valence-electron chi connectivity index (χ1n) is 8.03. The number of hydrogen-bond donors (Lipinski definition) is 3. The van der Waals surface area contributed by atoms with Crippen LogP contribution in [0.3, 0.4) is 0 Å². The number of primary amides is 1. The molecular formula is C17H25N3O. The van der Waals surface area contributed by atoms with Crippen molar-refractivity contribution in [2.45, 2.75) is 38.6 Å². The van der Waals surface area contributed by atoms with Crippen LogP contribution in [-0.4, -0.2) is 12.6 Å². The Kier molecular flexibility index (Phi) is 4.15. The summed E-state index contributed by atoms with van der Waals surface area (Å²) in [5, 5.41) is 6.28. The minimum Gasteiger partial charge on any atom is -0.351 e. The van der Waals surface area contributed by atoms with Gasteiger partial charge in [-0.25, -0.2) is 4.79 Å². The number of carbonyl (C=O) groups excluding carboxylic acids is 1. The summed E-state index contributed by atoms with van der Waals surface area (Å²) in [5.41, 5.74) is 7.10. The predicted octanol–water partition coefficient (Wildman–Crippen LogP) is 3.26. The number of carbonyl (C=O) groups is 1. The quantitative estimate of drug-likeness (QED) is 0.720. The van der Waals surface area contributed by atoms with Gasteiger partial charge in [0.05, 0.1) is 0 Å². The molecule has 4 nitrogen and oxygen atoms in total. The molecule has 0 aliphatic heterocycles. The van der Waals surface area contributed by atoms with Crippen LogP contribution in [0.2, 0.25) is 0 Å². The highest BCUT2D eigenvalue weighted by Crippen LogP contribution is 2.48. The Labute approximate surface area is 126 Å². The zero-order chi connectivity index (χ0) is 14.8. The molecule has 3 rings (SSSR count). The molecule has 2 fully saturated rings. The van der Waals surface area contributed by atoms with E-state index in [1.165, 1.54) is 31.2 Å². The van der Waals surface area contributed by atoms with Crippen LogP contribution in [0.25, 0.3) is 0 Å². The first kappa shape index (κ1) is 14.4. The third kappa shape index (κ3) is 3.97. The molecular weight excluding hydrogens is 262 g/mol. The summed E-state index contributed by atoms with van der Waals surface area (Å²) < 4.78 is 0. The van der Waals surface area contributed by atoms with E-state index in [0.717, 1.165) is 30.0 Å². The number of rotatable bonds is 7. The van der Waals surface area contributed by atoms with Crippen molar-refractivity contribution in [2.24, 2.45) is 23.5 Å². The standard InChI is InChI=1S/C17H25N3O/c1-11(12-6-8-15(9-7-12)20-17(18)21)19-10-16(13-2-3-13)14-4-5-14/h6-9,11,13-14,16,19H,2-5,10H2,1H3,(H3,18,20,21). The van der Waals surface area contributed by atoms with E-state index >= 15 is 0 Å². The number of hydrogen-bond acceptors (Lipinski definition) is 2. The van der Waals surface area contributed by atoms with Crippen LogP contribution in [0.1, 0.15) is 44.2 Å². The zero-order valence-corrected chi connectivity index (χ0v) is 12.6. The Morgan fingerprint density at radius 3 is 2.24 bits per heavy atom. The summed E-state index contributed by atoms with van der Waals surface area (Å²) in [5.74, 6) is 2.86. The van der Waals surface area contributed by atoms with Gasteiger partial charge in [-0.15, -0.1) is 0 Å². The first-order chi connectivity index (χ1) is 10.1. The monoisotopic (exact) mass is 287 g/mol. The van der Waals surface area contributed by atoms with E-state index in [4.69, 9.17) is 5.73 Å². The lowest BCUT2D eigenvalue weighted by molar-refractivity contribution is 0.259. The molecule has 0 saturated heterocycles. The first-order valence-corrected chi connectivity index (χ1v) is 8.03. The number of nitrogens with one attached hydrogen (secondary N) is 2. The minimum absolute atomic E-state index is 0.340. The SMILES string of the molecule is CC(NCC(C1CC1)C1CC1)c1ccc(NC(N)=O)cc1. The molecule has 0 spiro atoms. The van der Waals surface area contributed by atoms with Crippen molar-refractivity contribution in [3.8, 4) is 0 Å². The number of amides is 2. The third-order valence-electron chi connectivity index (χ3n) is 4.79. The molecule has 1 unspecified atom stereocenters. The fraction of sp³-hybridized carbons (Fsp3) is 0.588. The summed E-state index contributed by atoms with van der Waals surface area (Å²) in [4.78, 5) is 10.8. The fourth-order valence-corrected chi connectivity index (χ4v) is 3.20. The third-order valence-corrected chi connectivity index (χ3v) is 4.79. The number of anilines is 1. The van der Waals surface area contributed by atoms with Gasteiger partial charge in [-0.2, -0.15) is 0 Å². The second kappa shape index (κ2) is 6.06. The summed E-state index contributed by atoms with van der Waals surface area (Å²) in [6, 6.07) is 7.71. The number of urea groups is 1. The molecule has 114 valence electrons. The number of nitrogens with two attached hydrogens (primary N) is 1. The van der Waals surface area contributed by atoms with Gasteiger partial charge in [-0.05, 0) is 74.6 Å². The van der Waals surface area contributed by atoms with Crippen molar-refractivity contribution < 1.29 is 4.79 Å². The molecule has 1 atom stereocenters. The average molecular weight is 287 g/mol. The smallest absolute Gasteiger partial charge is 0.316 e. The Hall–Kier alpha value is -1.55. The van der Waals surface area contributed by atoms with Gasteiger partial charge in [0.15, 0.2) is 0 Å². The molecule has 21 heavy (non-hydrogen) atoms. The molecule has 2 aliphatic rings. The second-order valence-electron chi connectivity index (χ2n) is 6.58. The van der Waals surface area contributed by atoms with Gasteiger partial charge in [-0.1, -0.05) is 12.1 Å². The predicted molar refractivity (Wildman–Crippen MR) is 85.0 cm³/mol. The highest BCUT2D eigenvalue weighted by Gasteiger charge is 2.41. The van der Waals surface area contributed by atoms with E-state index in [2.05, 4.69) is 17.6 Å². The molecule has 1 aromatic rings. The Balaban J connectivity index is 1.52. The van der Waals surface area contributed by atoms with E-state index in [-0.39, 0.29) is 0 Å². The molecule has 4 N–H and O–H groups in total. The highest BCUT2D eigenvalue weighted by molar-refractivity contribution is 5.87. The summed E-state index contributed by atoms with van der Waals surface area (Å²) in [6.45, 7) is 3.34. The summed E-state index contributed by atoms with van der Waals surface area (Å²) >= 11 is 0. The molecule has 0 aromatic heterocycles. The Bertz CT molecular complexity index is 479. The van der Waals surface area contributed by atoms with Gasteiger partial charge in [0, 0.05) is 11.7 Å². The van der Waals surface area contributed by atoms with E-state index in [1.807, 2.05) is 24.3 Å². The van der Waals surface area contributed by atoms with Crippen molar-refractivity contribution in [2.75, 3.05) is 11.9 Å². The molecule has 2 amide bonds. The van der Waals surface area contributed by atoms with Gasteiger partial charge < -0.3 is 16.4 Å². The van der Waals surface area contributed by atoms with Gasteiger partial charge in [0.2, 0.25) is 0 Å². The topological polar surface area (TPSA) is 67.2 Å². The van der Waals surface area contributed by atoms with Gasteiger partial charge >= 0.3 is 6.03 Å². The lowest BCUT2D eigenvalue weighted by atomic mass is 9.97. The zero-order valence-electron chi connectivity index (χ0n) is 12.6. The molecule has 2 aliphatic carbocycles. The van der Waals surface area contributed by atoms with E-state index < -0.39 is 6.03 Å². The Morgan fingerprint density at radius 2 is 1.76 bits per heavy atom. The average Bonchev–Trinajstić information content (AvgIpc) is 3.33. The van der Waals surface area contributed by atoms with Gasteiger partial charge in [0.1, 0.15) is 0 Å². The number of benzene rings is 1. The van der Waals surface area contributed by atoms with Crippen molar-refractivity contribution in [3.05, 3.63) is 29.8 Å². The maximum absolute atomic E-state index is 10.8. The largest absolute Gasteiger partial charge is 0.351 e. The van der Waals surface area contributed by atoms with Crippen molar-refractivity contribution in [1.29, 1.82) is 0 Å². The molecule has 2 saturated carbocycles. The maximum atomic E-state index is 10.8. The van der Waals surface area contributed by atoms with Crippen LogP contribution in [-0.2, 0) is 0 Å². The van der Waals surface area contributed by atoms with Crippen LogP contribution in [0.5, 0.6) is 0 Å². The van der Waals surface area contributed by atoms with Crippen LogP contribution < -0.4 is 16.4 Å². The molecule has 1 aromatic carbocycles. The molecule has 0 radical (unpaired) electrons. The molecule has 4 heteroatoms. The van der Waals surface area contributed by atoms with Crippen LogP contribution >= 0.6 is 0 Å². The van der Waals surface area contributed by atoms with Crippen molar-refractivity contribution in [3.63, 3.8) is 0 Å². The second-order valence-corrected chi connectivity index (χ2v) is 6.58. The normalized spacial score (nSPS) is 19.5. The van der Waals surface area contributed by atoms with Gasteiger partial charge in [-0.3, -0.25) is 0 Å². The lowest BCUT2D eigenvalue weighted by Crippen LogP contribution is -2.28. The highest BCUT2D eigenvalue weighted by atomic mass is 16.2. The van der Waals surface area contributed by atoms with Crippen molar-refractivity contribution >= 4 is 11.7 Å². The van der Waals surface area contributed by atoms with E-state index in [0.29, 0.717) is 6.04 Å². The van der Waals surface area contributed by atoms with E-state index in [1.54, 1.807) is 0 Å². The van der Waals surface area contributed by atoms with Crippen LogP contribution in [0.15, 0.2) is 24.3 Å². The van der Waals surface area contributed by atoms with Crippen molar-refractivity contribution in [1.82, 2.24) is 5.32 Å². The minimum atomic E-state index is -0.523. The van der Waals surface area contributed by atoms with E-state index in [9.17, 15) is 4.79 Å². The van der Waals surface area contributed by atoms with Crippen LogP contribution in [0.4, 0.5) is 10.5 Å². The molecule has 0 heterocycles. The Morgan fingerprint density at radius 1 is 1.19 bits per heavy atom. The van der Waals surface area contributed by atoms with Gasteiger partial charge in [0.25, 0.3) is 0 Å². The van der Waals surface area contributed by atoms with Crippen LogP contribution in [0, 0.1) is 17.8 Å². The summed E-state index contributed by atoms with van der Waals surface area (Å²) in [7, 11) is 0. The maximum Gasteiger partial charge on any atom is 0.316 e. The summed E-state index contributed by atoms with van der Waals surface area (Å²) in [6.07, 6.45) is 5.74. The lowest BCUT2D eigenvalue weighted by Gasteiger charge is -2.21.